The molecule has 0 aliphatic carbocycles. The van der Waals surface area contributed by atoms with E-state index in [9.17, 15) is 27.2 Å². The highest BCUT2D eigenvalue weighted by Crippen LogP contribution is 2.28. The summed E-state index contributed by atoms with van der Waals surface area (Å²) in [5, 5.41) is 2.19. The van der Waals surface area contributed by atoms with E-state index in [1.54, 1.807) is 0 Å². The molecule has 0 spiro atoms. The molecule has 1 heterocycles. The molecule has 1 aromatic rings. The molecule has 1 N–H and O–H groups in total. The monoisotopic (exact) mass is 366 g/mol. The van der Waals surface area contributed by atoms with Gasteiger partial charge in [-0.1, -0.05) is 11.8 Å². The zero-order valence-electron chi connectivity index (χ0n) is 12.4. The van der Waals surface area contributed by atoms with Crippen LogP contribution in [-0.4, -0.2) is 47.7 Å². The highest BCUT2D eigenvalue weighted by atomic mass is 32.2. The second-order valence-electron chi connectivity index (χ2n) is 4.94. The standard InChI is InChI=1S/C14H14F4N2O3S/c15-9-1-2-11(23-8-14(16,17)18)10(7-9)19-12(21)3-4-20-5-6-24-13(20)22/h1-2,7H,3-6,8H2,(H,19,21). The van der Waals surface area contributed by atoms with Crippen molar-refractivity contribution in [3.8, 4) is 5.75 Å². The first-order valence-electron chi connectivity index (χ1n) is 6.95. The fraction of sp³-hybridized carbons (Fsp3) is 0.429. The first kappa shape index (κ1) is 18.4. The van der Waals surface area contributed by atoms with E-state index < -0.39 is 24.5 Å². The lowest BCUT2D eigenvalue weighted by Gasteiger charge is -2.16. The van der Waals surface area contributed by atoms with Crippen LogP contribution in [0.25, 0.3) is 0 Å². The Morgan fingerprint density at radius 3 is 2.75 bits per heavy atom. The molecule has 2 rings (SSSR count). The molecule has 0 aromatic heterocycles. The van der Waals surface area contributed by atoms with Gasteiger partial charge in [-0.3, -0.25) is 9.59 Å². The van der Waals surface area contributed by atoms with Gasteiger partial charge in [-0.2, -0.15) is 13.2 Å². The van der Waals surface area contributed by atoms with E-state index in [0.717, 1.165) is 30.0 Å². The number of nitrogens with zero attached hydrogens (tertiary/aromatic N) is 1. The Hall–Kier alpha value is -1.97. The van der Waals surface area contributed by atoms with Crippen LogP contribution >= 0.6 is 11.8 Å². The normalized spacial score (nSPS) is 14.8. The number of amides is 2. The van der Waals surface area contributed by atoms with Gasteiger partial charge in [0.2, 0.25) is 5.91 Å². The number of alkyl halides is 3. The fourth-order valence-corrected chi connectivity index (χ4v) is 2.81. The van der Waals surface area contributed by atoms with E-state index in [-0.39, 0.29) is 29.6 Å². The third kappa shape index (κ3) is 5.59. The van der Waals surface area contributed by atoms with Crippen molar-refractivity contribution in [3.63, 3.8) is 0 Å². The van der Waals surface area contributed by atoms with Gasteiger partial charge >= 0.3 is 6.18 Å². The Bertz CT molecular complexity index is 625. The summed E-state index contributed by atoms with van der Waals surface area (Å²) in [6, 6.07) is 2.82. The van der Waals surface area contributed by atoms with Crippen LogP contribution < -0.4 is 10.1 Å². The van der Waals surface area contributed by atoms with E-state index in [4.69, 9.17) is 0 Å². The lowest BCUT2D eigenvalue weighted by atomic mass is 10.2. The molecular weight excluding hydrogens is 352 g/mol. The van der Waals surface area contributed by atoms with Gasteiger partial charge in [0.1, 0.15) is 11.6 Å². The summed E-state index contributed by atoms with van der Waals surface area (Å²) in [5.41, 5.74) is -0.189. The Kier molecular flexibility index (Phi) is 5.92. The van der Waals surface area contributed by atoms with Gasteiger partial charge in [0.05, 0.1) is 5.69 Å². The van der Waals surface area contributed by atoms with Crippen LogP contribution in [0, 0.1) is 5.82 Å². The van der Waals surface area contributed by atoms with E-state index in [2.05, 4.69) is 10.1 Å². The highest BCUT2D eigenvalue weighted by Gasteiger charge is 2.29. The number of carbonyl (C=O) groups is 2. The maximum atomic E-state index is 13.3. The van der Waals surface area contributed by atoms with Crippen molar-refractivity contribution < 1.29 is 31.9 Å². The maximum Gasteiger partial charge on any atom is 0.422 e. The number of anilines is 1. The molecule has 1 fully saturated rings. The molecule has 0 radical (unpaired) electrons. The molecule has 1 saturated heterocycles. The van der Waals surface area contributed by atoms with E-state index in [1.165, 1.54) is 4.90 Å². The largest absolute Gasteiger partial charge is 0.482 e. The minimum atomic E-state index is -4.55. The Balaban J connectivity index is 1.95. The lowest BCUT2D eigenvalue weighted by Crippen LogP contribution is -2.28. The molecule has 1 aromatic carbocycles. The van der Waals surface area contributed by atoms with Crippen molar-refractivity contribution in [2.24, 2.45) is 0 Å². The number of ether oxygens (including phenoxy) is 1. The average molecular weight is 366 g/mol. The minimum absolute atomic E-state index is 0.0540. The van der Waals surface area contributed by atoms with Crippen molar-refractivity contribution in [3.05, 3.63) is 24.0 Å². The first-order chi connectivity index (χ1) is 11.2. The van der Waals surface area contributed by atoms with Gasteiger partial charge in [0, 0.05) is 31.3 Å². The van der Waals surface area contributed by atoms with E-state index in [0.29, 0.717) is 12.3 Å². The average Bonchev–Trinajstić information content (AvgIpc) is 2.88. The molecule has 0 saturated carbocycles. The van der Waals surface area contributed by atoms with E-state index in [1.807, 2.05) is 0 Å². The van der Waals surface area contributed by atoms with Crippen molar-refractivity contribution in [1.29, 1.82) is 0 Å². The van der Waals surface area contributed by atoms with Crippen LogP contribution in [-0.2, 0) is 4.79 Å². The quantitative estimate of drug-likeness (QED) is 0.785. The number of hydrogen-bond acceptors (Lipinski definition) is 4. The van der Waals surface area contributed by atoms with Crippen molar-refractivity contribution in [1.82, 2.24) is 4.90 Å². The SMILES string of the molecule is O=C(CCN1CCSC1=O)Nc1cc(F)ccc1OCC(F)(F)F. The van der Waals surface area contributed by atoms with Gasteiger partial charge in [-0.25, -0.2) is 4.39 Å². The third-order valence-corrected chi connectivity index (χ3v) is 3.95. The third-order valence-electron chi connectivity index (χ3n) is 3.06. The summed E-state index contributed by atoms with van der Waals surface area (Å²) >= 11 is 1.15. The molecule has 5 nitrogen and oxygen atoms in total. The number of carbonyl (C=O) groups excluding carboxylic acids is 2. The zero-order chi connectivity index (χ0) is 17.7. The van der Waals surface area contributed by atoms with Gasteiger partial charge in [0.15, 0.2) is 6.61 Å². The Morgan fingerprint density at radius 2 is 2.12 bits per heavy atom. The van der Waals surface area contributed by atoms with Crippen molar-refractivity contribution in [2.45, 2.75) is 12.6 Å². The van der Waals surface area contributed by atoms with Gasteiger partial charge in [0.25, 0.3) is 5.24 Å². The van der Waals surface area contributed by atoms with Crippen LogP contribution in [0.15, 0.2) is 18.2 Å². The molecule has 0 unspecified atom stereocenters. The molecule has 10 heteroatoms. The number of halogens is 4. The molecule has 0 bridgehead atoms. The van der Waals surface area contributed by atoms with Gasteiger partial charge in [-0.15, -0.1) is 0 Å². The number of hydrogen-bond donors (Lipinski definition) is 1. The second kappa shape index (κ2) is 7.73. The van der Waals surface area contributed by atoms with Crippen molar-refractivity contribution >= 4 is 28.6 Å². The molecule has 0 atom stereocenters. The van der Waals surface area contributed by atoms with Crippen molar-refractivity contribution in [2.75, 3.05) is 30.8 Å². The summed E-state index contributed by atoms with van der Waals surface area (Å²) in [7, 11) is 0. The molecule has 2 amide bonds. The molecule has 1 aliphatic heterocycles. The van der Waals surface area contributed by atoms with Crippen LogP contribution in [0.1, 0.15) is 6.42 Å². The molecule has 132 valence electrons. The minimum Gasteiger partial charge on any atom is -0.482 e. The zero-order valence-corrected chi connectivity index (χ0v) is 13.2. The smallest absolute Gasteiger partial charge is 0.422 e. The Morgan fingerprint density at radius 1 is 1.38 bits per heavy atom. The van der Waals surface area contributed by atoms with Crippen LogP contribution in [0.4, 0.5) is 28.0 Å². The topological polar surface area (TPSA) is 58.6 Å². The fourth-order valence-electron chi connectivity index (χ4n) is 1.96. The first-order valence-corrected chi connectivity index (χ1v) is 7.94. The second-order valence-corrected chi connectivity index (χ2v) is 5.99. The van der Waals surface area contributed by atoms with E-state index >= 15 is 0 Å². The summed E-state index contributed by atoms with van der Waals surface area (Å²) in [6.45, 7) is -0.830. The molecule has 24 heavy (non-hydrogen) atoms. The predicted octanol–water partition coefficient (Wildman–Crippen LogP) is 3.26. The summed E-state index contributed by atoms with van der Waals surface area (Å²) in [6.07, 6.45) is -4.61. The van der Waals surface area contributed by atoms with Crippen LogP contribution in [0.5, 0.6) is 5.75 Å². The number of thioether (sulfide) groups is 1. The number of nitrogens with one attached hydrogen (secondary N) is 1. The summed E-state index contributed by atoms with van der Waals surface area (Å²) in [4.78, 5) is 24.8. The molecule has 1 aliphatic rings. The maximum absolute atomic E-state index is 13.3. The molecular formula is C14H14F4N2O3S. The Labute approximate surface area is 139 Å². The number of rotatable bonds is 6. The summed E-state index contributed by atoms with van der Waals surface area (Å²) in [5.74, 6) is -0.910. The highest BCUT2D eigenvalue weighted by molar-refractivity contribution is 8.13. The number of benzene rings is 1. The van der Waals surface area contributed by atoms with Crippen LogP contribution in [0.3, 0.4) is 0 Å². The summed E-state index contributed by atoms with van der Waals surface area (Å²) < 4.78 is 54.5. The van der Waals surface area contributed by atoms with Gasteiger partial charge in [-0.05, 0) is 12.1 Å². The lowest BCUT2D eigenvalue weighted by molar-refractivity contribution is -0.153. The predicted molar refractivity (Wildman–Crippen MR) is 80.6 cm³/mol. The van der Waals surface area contributed by atoms with Crippen LogP contribution in [0.2, 0.25) is 0 Å². The van der Waals surface area contributed by atoms with Gasteiger partial charge < -0.3 is 15.0 Å².